The average Bonchev–Trinajstić information content (AvgIpc) is 3.98. The van der Waals surface area contributed by atoms with Crippen LogP contribution in [0.5, 0.6) is 0 Å². The van der Waals surface area contributed by atoms with Gasteiger partial charge in [0.1, 0.15) is 0 Å². The highest BCUT2D eigenvalue weighted by Gasteiger charge is 2.33. The molecule has 13 aromatic rings. The number of hydrogen-bond donors (Lipinski definition) is 0. The molecule has 0 bridgehead atoms. The minimum Gasteiger partial charge on any atom is -0.307 e. The number of para-hydroxylation sites is 3. The van der Waals surface area contributed by atoms with E-state index in [-0.39, 0.29) is 0 Å². The number of aromatic nitrogens is 2. The number of aryl methyl sites for hydroxylation is 1. The van der Waals surface area contributed by atoms with E-state index in [1.807, 2.05) is 0 Å². The minimum atomic E-state index is -1.25. The van der Waals surface area contributed by atoms with Crippen LogP contribution in [-0.2, 0) is 0 Å². The van der Waals surface area contributed by atoms with Gasteiger partial charge in [0.05, 0.1) is 22.4 Å². The van der Waals surface area contributed by atoms with Crippen molar-refractivity contribution in [3.05, 3.63) is 236 Å². The second kappa shape index (κ2) is 15.3. The Hall–Kier alpha value is -8.37. The van der Waals surface area contributed by atoms with Crippen molar-refractivity contribution in [3.8, 4) is 56.1 Å². The molecule has 0 aliphatic carbocycles. The summed E-state index contributed by atoms with van der Waals surface area (Å²) in [4.78, 5) is 2.94. The monoisotopic (exact) mass is 912 g/mol. The lowest BCUT2D eigenvalue weighted by atomic mass is 9.85. The Morgan fingerprint density at radius 1 is 0.386 bits per heavy atom. The Morgan fingerprint density at radius 2 is 0.886 bits per heavy atom. The van der Waals surface area contributed by atoms with Crippen molar-refractivity contribution in [3.63, 3.8) is 0 Å². The quantitative estimate of drug-likeness (QED) is 0.116. The molecular weight excluding hydrogens is 865 g/mol. The third-order valence-electron chi connectivity index (χ3n) is 15.3. The van der Waals surface area contributed by atoms with Crippen LogP contribution in [0.1, 0.15) is 11.1 Å². The molecule has 0 N–H and O–H groups in total. The largest absolute Gasteiger partial charge is 0.307 e. The second-order valence-corrected chi connectivity index (χ2v) is 22.8. The topological polar surface area (TPSA) is 9.86 Å². The zero-order chi connectivity index (χ0) is 46.8. The molecule has 3 heteroatoms. The van der Waals surface area contributed by atoms with Gasteiger partial charge in [0.2, 0.25) is 0 Å². The maximum Gasteiger partial charge on any atom is 0.0785 e. The first kappa shape index (κ1) is 40.7. The van der Waals surface area contributed by atoms with Gasteiger partial charge in [0.15, 0.2) is 0 Å². The lowest BCUT2D eigenvalue weighted by molar-refractivity contribution is 1.06. The number of nitrogens with zero attached hydrogens (tertiary/aromatic N) is 2. The van der Waals surface area contributed by atoms with E-state index < -0.39 is 10.0 Å². The fourth-order valence-electron chi connectivity index (χ4n) is 12.2. The van der Waals surface area contributed by atoms with Crippen LogP contribution in [0, 0.1) is 6.92 Å². The Balaban J connectivity index is 1.00. The van der Waals surface area contributed by atoms with Gasteiger partial charge in [-0.1, -0.05) is 164 Å². The predicted octanol–water partition coefficient (Wildman–Crippen LogP) is 18.6. The zero-order valence-electron chi connectivity index (χ0n) is 39.4. The van der Waals surface area contributed by atoms with Crippen LogP contribution in [0.3, 0.4) is 0 Å². The molecule has 1 aliphatic heterocycles. The van der Waals surface area contributed by atoms with E-state index in [0.29, 0.717) is 0 Å². The van der Waals surface area contributed by atoms with Crippen LogP contribution in [0.4, 0.5) is 0 Å². The standard InChI is InChI=1S/C67H48N2S/c1-5-49-57-39-45(34-36-61(57)69(48-23-10-7-11-24-48)67(49)66-42(2)50-25-18-19-31-60(50)68(66)47-21-8-6-9-22-47)64-52-27-14-16-29-54(52)65(55-30-17-15-28-53(55)64)46-35-37-62-58(40-46)59-38-44-33-32-43-20-12-13-26-51(43)56(44)41-63(59)70(62,3)4/h5-41H,1H2,2-4H3. The highest BCUT2D eigenvalue weighted by Crippen LogP contribution is 2.68. The van der Waals surface area contributed by atoms with E-state index in [1.165, 1.54) is 103 Å². The second-order valence-electron chi connectivity index (χ2n) is 19.3. The smallest absolute Gasteiger partial charge is 0.0785 e. The molecule has 2 nitrogen and oxygen atoms in total. The molecule has 0 spiro atoms. The van der Waals surface area contributed by atoms with Crippen molar-refractivity contribution in [2.75, 3.05) is 12.5 Å². The summed E-state index contributed by atoms with van der Waals surface area (Å²) in [5.41, 5.74) is 16.9. The summed E-state index contributed by atoms with van der Waals surface area (Å²) in [5.74, 6) is 0. The maximum atomic E-state index is 4.56. The van der Waals surface area contributed by atoms with Crippen LogP contribution < -0.4 is 0 Å². The van der Waals surface area contributed by atoms with Crippen molar-refractivity contribution in [1.82, 2.24) is 9.13 Å². The Bertz CT molecular complexity index is 4280. The highest BCUT2D eigenvalue weighted by atomic mass is 32.3. The Kier molecular flexibility index (Phi) is 8.90. The molecule has 0 unspecified atom stereocenters. The molecule has 1 aliphatic rings. The molecule has 0 saturated carbocycles. The first-order valence-corrected chi connectivity index (χ1v) is 26.6. The fourth-order valence-corrected chi connectivity index (χ4v) is 14.7. The molecule has 14 rings (SSSR count). The molecule has 0 atom stereocenters. The number of benzene rings is 11. The summed E-state index contributed by atoms with van der Waals surface area (Å²) in [7, 11) is -1.25. The van der Waals surface area contributed by atoms with Gasteiger partial charge in [-0.3, -0.25) is 0 Å². The van der Waals surface area contributed by atoms with Crippen LogP contribution in [0.2, 0.25) is 0 Å². The van der Waals surface area contributed by atoms with Gasteiger partial charge in [0, 0.05) is 37.5 Å². The Morgan fingerprint density at radius 3 is 1.53 bits per heavy atom. The molecule has 332 valence electrons. The molecule has 0 saturated heterocycles. The first-order valence-electron chi connectivity index (χ1n) is 24.2. The Labute approximate surface area is 409 Å². The van der Waals surface area contributed by atoms with Gasteiger partial charge in [-0.25, -0.2) is 0 Å². The minimum absolute atomic E-state index is 1.11. The average molecular weight is 913 g/mol. The lowest BCUT2D eigenvalue weighted by Crippen LogP contribution is -2.03. The molecule has 0 fully saturated rings. The number of rotatable bonds is 6. The highest BCUT2D eigenvalue weighted by molar-refractivity contribution is 8.33. The van der Waals surface area contributed by atoms with Crippen molar-refractivity contribution >= 4 is 81.0 Å². The van der Waals surface area contributed by atoms with Crippen LogP contribution in [0.15, 0.2) is 235 Å². The van der Waals surface area contributed by atoms with E-state index in [2.05, 4.69) is 260 Å². The van der Waals surface area contributed by atoms with Crippen LogP contribution in [-0.4, -0.2) is 21.6 Å². The van der Waals surface area contributed by atoms with Crippen molar-refractivity contribution in [1.29, 1.82) is 0 Å². The van der Waals surface area contributed by atoms with E-state index in [0.717, 1.165) is 39.2 Å². The van der Waals surface area contributed by atoms with Gasteiger partial charge >= 0.3 is 0 Å². The van der Waals surface area contributed by atoms with Crippen molar-refractivity contribution in [2.24, 2.45) is 0 Å². The van der Waals surface area contributed by atoms with E-state index in [4.69, 9.17) is 0 Å². The maximum absolute atomic E-state index is 4.56. The molecular formula is C67H48N2S. The van der Waals surface area contributed by atoms with Gasteiger partial charge < -0.3 is 9.13 Å². The van der Waals surface area contributed by atoms with Gasteiger partial charge in [0.25, 0.3) is 0 Å². The lowest BCUT2D eigenvalue weighted by Gasteiger charge is -2.28. The molecule has 0 amide bonds. The normalized spacial score (nSPS) is 13.4. The van der Waals surface area contributed by atoms with Crippen LogP contribution >= 0.6 is 10.0 Å². The van der Waals surface area contributed by atoms with Crippen molar-refractivity contribution < 1.29 is 0 Å². The van der Waals surface area contributed by atoms with Gasteiger partial charge in [-0.15, -0.1) is 0 Å². The SMILES string of the molecule is C=Cc1c(-c2c(C)c3ccccc3n2-c2ccccc2)n(-c2ccccc2)c2ccc(-c3c4ccccc4c(-c4ccc5c(c4)-c4cc6ccc7ccccc7c6cc4S5(C)C)c4ccccc34)cc12. The molecule has 11 aromatic carbocycles. The molecule has 70 heavy (non-hydrogen) atoms. The van der Waals surface area contributed by atoms with Crippen LogP contribution in [0.25, 0.3) is 127 Å². The van der Waals surface area contributed by atoms with Gasteiger partial charge in [-0.2, -0.15) is 10.0 Å². The van der Waals surface area contributed by atoms with E-state index >= 15 is 0 Å². The summed E-state index contributed by atoms with van der Waals surface area (Å²) >= 11 is 0. The van der Waals surface area contributed by atoms with E-state index in [1.54, 1.807) is 0 Å². The summed E-state index contributed by atoms with van der Waals surface area (Å²) < 4.78 is 4.89. The van der Waals surface area contributed by atoms with Crippen molar-refractivity contribution in [2.45, 2.75) is 16.7 Å². The molecule has 3 heterocycles. The first-order chi connectivity index (χ1) is 34.4. The molecule has 0 radical (unpaired) electrons. The van der Waals surface area contributed by atoms with E-state index in [9.17, 15) is 0 Å². The summed E-state index contributed by atoms with van der Waals surface area (Å²) in [6.07, 6.45) is 7.03. The third kappa shape index (κ3) is 5.76. The summed E-state index contributed by atoms with van der Waals surface area (Å²) in [6, 6.07) is 81.3. The predicted molar refractivity (Wildman–Crippen MR) is 303 cm³/mol. The summed E-state index contributed by atoms with van der Waals surface area (Å²) in [6.45, 7) is 6.83. The fraction of sp³-hybridized carbons (Fsp3) is 0.0448. The number of fused-ring (bicyclic) bond motifs is 10. The third-order valence-corrected chi connectivity index (χ3v) is 18.2. The number of hydrogen-bond acceptors (Lipinski definition) is 0. The summed E-state index contributed by atoms with van der Waals surface area (Å²) in [5, 5.41) is 12.6. The zero-order valence-corrected chi connectivity index (χ0v) is 40.2. The molecule has 2 aromatic heterocycles. The van der Waals surface area contributed by atoms with Gasteiger partial charge in [-0.05, 0) is 168 Å².